The maximum atomic E-state index is 4.41. The van der Waals surface area contributed by atoms with E-state index in [4.69, 9.17) is 0 Å². The molecule has 0 amide bonds. The molecule has 1 N–H and O–H groups in total. The summed E-state index contributed by atoms with van der Waals surface area (Å²) in [6.07, 6.45) is 4.60. The van der Waals surface area contributed by atoms with E-state index in [1.807, 2.05) is 0 Å². The minimum atomic E-state index is 0.0561. The second-order valence-electron chi connectivity index (χ2n) is 7.41. The highest BCUT2D eigenvalue weighted by atomic mass is 15.2. The van der Waals surface area contributed by atoms with Crippen molar-refractivity contribution < 1.29 is 0 Å². The minimum absolute atomic E-state index is 0.0561. The van der Waals surface area contributed by atoms with Crippen LogP contribution in [-0.4, -0.2) is 31.1 Å². The summed E-state index contributed by atoms with van der Waals surface area (Å²) in [6.45, 7) is 10.9. The van der Waals surface area contributed by atoms with Gasteiger partial charge in [-0.1, -0.05) is 74.2 Å². The topological polar surface area (TPSA) is 15.3 Å². The number of nitrogens with zero attached hydrogens (tertiary/aromatic N) is 1. The SMILES string of the molecule is C=C(CCNCCC)N1CCCC(c2ccccc2)(c2ccccc2)C1. The van der Waals surface area contributed by atoms with E-state index in [0.717, 1.165) is 32.6 Å². The van der Waals surface area contributed by atoms with Gasteiger partial charge in [0.1, 0.15) is 0 Å². The zero-order chi connectivity index (χ0) is 18.2. The molecular formula is C24H32N2. The Hall–Kier alpha value is -2.06. The fraction of sp³-hybridized carbons (Fsp3) is 0.417. The molecule has 2 aromatic carbocycles. The number of piperidine rings is 1. The minimum Gasteiger partial charge on any atom is -0.374 e. The Morgan fingerprint density at radius 1 is 1.00 bits per heavy atom. The number of likely N-dealkylation sites (tertiary alicyclic amines) is 1. The van der Waals surface area contributed by atoms with Gasteiger partial charge in [-0.3, -0.25) is 0 Å². The molecule has 1 saturated heterocycles. The fourth-order valence-electron chi connectivity index (χ4n) is 4.17. The summed E-state index contributed by atoms with van der Waals surface area (Å²) >= 11 is 0. The third kappa shape index (κ3) is 4.19. The van der Waals surface area contributed by atoms with Crippen molar-refractivity contribution >= 4 is 0 Å². The van der Waals surface area contributed by atoms with Crippen LogP contribution in [0.5, 0.6) is 0 Å². The zero-order valence-electron chi connectivity index (χ0n) is 16.1. The summed E-state index contributed by atoms with van der Waals surface area (Å²) in [7, 11) is 0. The number of benzene rings is 2. The monoisotopic (exact) mass is 348 g/mol. The molecule has 0 saturated carbocycles. The second-order valence-corrected chi connectivity index (χ2v) is 7.41. The first kappa shape index (κ1) is 18.7. The average Bonchev–Trinajstić information content (AvgIpc) is 2.72. The lowest BCUT2D eigenvalue weighted by Crippen LogP contribution is -2.46. The van der Waals surface area contributed by atoms with Gasteiger partial charge in [0.15, 0.2) is 0 Å². The molecule has 0 radical (unpaired) electrons. The summed E-state index contributed by atoms with van der Waals surface area (Å²) in [5.41, 5.74) is 4.17. The molecule has 2 heteroatoms. The van der Waals surface area contributed by atoms with Gasteiger partial charge in [0.25, 0.3) is 0 Å². The lowest BCUT2D eigenvalue weighted by atomic mass is 9.69. The van der Waals surface area contributed by atoms with Crippen LogP contribution in [0.1, 0.15) is 43.7 Å². The first-order chi connectivity index (χ1) is 12.8. The van der Waals surface area contributed by atoms with Crippen molar-refractivity contribution in [2.45, 2.75) is 38.0 Å². The largest absolute Gasteiger partial charge is 0.374 e. The average molecular weight is 349 g/mol. The molecule has 3 rings (SSSR count). The van der Waals surface area contributed by atoms with Crippen LogP contribution in [0.4, 0.5) is 0 Å². The van der Waals surface area contributed by atoms with E-state index in [1.165, 1.54) is 36.1 Å². The Kier molecular flexibility index (Phi) is 6.51. The highest BCUT2D eigenvalue weighted by molar-refractivity contribution is 5.41. The van der Waals surface area contributed by atoms with E-state index in [-0.39, 0.29) is 5.41 Å². The van der Waals surface area contributed by atoms with Crippen LogP contribution in [0.15, 0.2) is 72.9 Å². The van der Waals surface area contributed by atoms with Gasteiger partial charge >= 0.3 is 0 Å². The van der Waals surface area contributed by atoms with Crippen molar-refractivity contribution in [3.05, 3.63) is 84.1 Å². The Morgan fingerprint density at radius 2 is 1.62 bits per heavy atom. The number of rotatable bonds is 8. The predicted molar refractivity (Wildman–Crippen MR) is 111 cm³/mol. The molecule has 0 aliphatic carbocycles. The molecule has 2 aromatic rings. The molecule has 1 aliphatic heterocycles. The summed E-state index contributed by atoms with van der Waals surface area (Å²) in [5.74, 6) is 0. The van der Waals surface area contributed by atoms with Crippen molar-refractivity contribution in [2.75, 3.05) is 26.2 Å². The number of hydrogen-bond donors (Lipinski definition) is 1. The van der Waals surface area contributed by atoms with Crippen LogP contribution in [0.3, 0.4) is 0 Å². The fourth-order valence-corrected chi connectivity index (χ4v) is 4.17. The van der Waals surface area contributed by atoms with E-state index in [0.29, 0.717) is 0 Å². The Balaban J connectivity index is 1.82. The molecule has 26 heavy (non-hydrogen) atoms. The molecule has 1 heterocycles. The van der Waals surface area contributed by atoms with Crippen molar-refractivity contribution in [2.24, 2.45) is 0 Å². The van der Waals surface area contributed by atoms with Gasteiger partial charge in [-0.25, -0.2) is 0 Å². The molecule has 0 bridgehead atoms. The third-order valence-corrected chi connectivity index (χ3v) is 5.61. The number of nitrogens with one attached hydrogen (secondary N) is 1. The molecule has 1 aliphatic rings. The van der Waals surface area contributed by atoms with Crippen LogP contribution >= 0.6 is 0 Å². The van der Waals surface area contributed by atoms with E-state index < -0.39 is 0 Å². The lowest BCUT2D eigenvalue weighted by Gasteiger charge is -2.45. The molecule has 0 atom stereocenters. The summed E-state index contributed by atoms with van der Waals surface area (Å²) in [5, 5.41) is 3.50. The Bertz CT molecular complexity index is 638. The van der Waals surface area contributed by atoms with Crippen LogP contribution < -0.4 is 5.32 Å². The van der Waals surface area contributed by atoms with Crippen LogP contribution in [0.25, 0.3) is 0 Å². The Labute approximate surface area is 158 Å². The van der Waals surface area contributed by atoms with Gasteiger partial charge in [-0.15, -0.1) is 0 Å². The van der Waals surface area contributed by atoms with Crippen LogP contribution in [0, 0.1) is 0 Å². The molecule has 138 valence electrons. The zero-order valence-corrected chi connectivity index (χ0v) is 16.1. The van der Waals surface area contributed by atoms with E-state index in [2.05, 4.69) is 84.4 Å². The Morgan fingerprint density at radius 3 is 2.19 bits per heavy atom. The highest BCUT2D eigenvalue weighted by Gasteiger charge is 2.38. The molecule has 0 unspecified atom stereocenters. The van der Waals surface area contributed by atoms with E-state index in [1.54, 1.807) is 0 Å². The third-order valence-electron chi connectivity index (χ3n) is 5.61. The van der Waals surface area contributed by atoms with Crippen molar-refractivity contribution in [1.82, 2.24) is 10.2 Å². The normalized spacial score (nSPS) is 16.4. The van der Waals surface area contributed by atoms with Crippen LogP contribution in [-0.2, 0) is 5.41 Å². The molecule has 0 spiro atoms. The maximum Gasteiger partial charge on any atom is 0.0378 e. The van der Waals surface area contributed by atoms with Gasteiger partial charge in [0, 0.05) is 30.7 Å². The van der Waals surface area contributed by atoms with Crippen molar-refractivity contribution in [3.8, 4) is 0 Å². The molecule has 2 nitrogen and oxygen atoms in total. The standard InChI is InChI=1S/C24H32N2/c1-3-17-25-18-15-21(2)26-19-10-16-24(20-26,22-11-6-4-7-12-22)23-13-8-5-9-14-23/h4-9,11-14,25H,2-3,10,15-20H2,1H3. The number of hydrogen-bond acceptors (Lipinski definition) is 2. The summed E-state index contributed by atoms with van der Waals surface area (Å²) in [6, 6.07) is 22.1. The second kappa shape index (κ2) is 9.05. The molecule has 0 aromatic heterocycles. The first-order valence-electron chi connectivity index (χ1n) is 10.0. The summed E-state index contributed by atoms with van der Waals surface area (Å²) < 4.78 is 0. The smallest absolute Gasteiger partial charge is 0.0378 e. The van der Waals surface area contributed by atoms with E-state index in [9.17, 15) is 0 Å². The maximum absolute atomic E-state index is 4.41. The van der Waals surface area contributed by atoms with Crippen LogP contribution in [0.2, 0.25) is 0 Å². The quantitative estimate of drug-likeness (QED) is 0.678. The lowest BCUT2D eigenvalue weighted by molar-refractivity contribution is 0.205. The van der Waals surface area contributed by atoms with Gasteiger partial charge in [-0.2, -0.15) is 0 Å². The van der Waals surface area contributed by atoms with Gasteiger partial charge in [-0.05, 0) is 43.4 Å². The molecule has 1 fully saturated rings. The highest BCUT2D eigenvalue weighted by Crippen LogP contribution is 2.41. The molecular weight excluding hydrogens is 316 g/mol. The van der Waals surface area contributed by atoms with Gasteiger partial charge in [0.05, 0.1) is 0 Å². The van der Waals surface area contributed by atoms with Gasteiger partial charge in [0.2, 0.25) is 0 Å². The van der Waals surface area contributed by atoms with Gasteiger partial charge < -0.3 is 10.2 Å². The van der Waals surface area contributed by atoms with E-state index >= 15 is 0 Å². The van der Waals surface area contributed by atoms with Crippen molar-refractivity contribution in [3.63, 3.8) is 0 Å². The summed E-state index contributed by atoms with van der Waals surface area (Å²) in [4.78, 5) is 2.52. The van der Waals surface area contributed by atoms with Crippen molar-refractivity contribution in [1.29, 1.82) is 0 Å². The first-order valence-corrected chi connectivity index (χ1v) is 10.0. The predicted octanol–water partition coefficient (Wildman–Crippen LogP) is 4.97.